The molecule has 2 aliphatic heterocycles. The van der Waals surface area contributed by atoms with Crippen molar-refractivity contribution in [3.63, 3.8) is 0 Å². The number of aromatic hydroxyl groups is 1. The topological polar surface area (TPSA) is 105 Å². The van der Waals surface area contributed by atoms with E-state index in [-0.39, 0.29) is 24.0 Å². The van der Waals surface area contributed by atoms with Crippen molar-refractivity contribution in [1.29, 1.82) is 0 Å². The van der Waals surface area contributed by atoms with E-state index in [0.29, 0.717) is 19.4 Å². The molecule has 9 nitrogen and oxygen atoms in total. The summed E-state index contributed by atoms with van der Waals surface area (Å²) in [6.45, 7) is 3.61. The summed E-state index contributed by atoms with van der Waals surface area (Å²) >= 11 is 0. The zero-order chi connectivity index (χ0) is 21.1. The van der Waals surface area contributed by atoms with E-state index in [1.54, 1.807) is 12.1 Å². The molecule has 4 rings (SSSR count). The predicted molar refractivity (Wildman–Crippen MR) is 111 cm³/mol. The molecule has 1 saturated carbocycles. The Morgan fingerprint density at radius 3 is 2.47 bits per heavy atom. The number of nitrogens with one attached hydrogen (secondary N) is 2. The van der Waals surface area contributed by atoms with Crippen molar-refractivity contribution in [2.75, 3.05) is 37.6 Å². The molecule has 3 N–H and O–H groups in total. The second-order valence-electron chi connectivity index (χ2n) is 8.32. The number of phenolic OH excluding ortho intramolecular Hbond substituents is 1. The molecule has 1 spiro atoms. The van der Waals surface area contributed by atoms with Gasteiger partial charge in [-0.2, -0.15) is 5.01 Å². The van der Waals surface area contributed by atoms with Crippen LogP contribution < -0.4 is 15.6 Å². The minimum Gasteiger partial charge on any atom is -0.506 e. The first-order valence-corrected chi connectivity index (χ1v) is 10.7. The Kier molecular flexibility index (Phi) is 5.80. The first kappa shape index (κ1) is 20.5. The average Bonchev–Trinajstić information content (AvgIpc) is 2.97. The molecule has 0 unspecified atom stereocenters. The summed E-state index contributed by atoms with van der Waals surface area (Å²) in [5.74, 6) is -0.402. The molecular weight excluding hydrogens is 386 g/mol. The van der Waals surface area contributed by atoms with Gasteiger partial charge < -0.3 is 15.3 Å². The molecule has 0 radical (unpaired) electrons. The van der Waals surface area contributed by atoms with E-state index in [0.717, 1.165) is 56.1 Å². The van der Waals surface area contributed by atoms with Gasteiger partial charge in [0, 0.05) is 39.1 Å². The third-order valence-corrected chi connectivity index (χ3v) is 6.36. The van der Waals surface area contributed by atoms with Gasteiger partial charge in [0.05, 0.1) is 5.69 Å². The lowest BCUT2D eigenvalue weighted by atomic mass is 9.82. The molecular formula is C21H29N5O4. The van der Waals surface area contributed by atoms with Crippen molar-refractivity contribution in [2.45, 2.75) is 44.1 Å². The number of amides is 4. The van der Waals surface area contributed by atoms with Crippen molar-refractivity contribution >= 4 is 23.5 Å². The highest BCUT2D eigenvalue weighted by atomic mass is 16.3. The van der Waals surface area contributed by atoms with Crippen molar-refractivity contribution in [2.24, 2.45) is 0 Å². The summed E-state index contributed by atoms with van der Waals surface area (Å²) in [7, 11) is 0. The number of hydrogen-bond donors (Lipinski definition) is 3. The SMILES string of the molecule is O=C(CCN1CCN(c2ccccc2O)CC1)NN1C(=O)NC2(CCCCC2)C1=O. The highest BCUT2D eigenvalue weighted by Crippen LogP contribution is 2.33. The highest BCUT2D eigenvalue weighted by Gasteiger charge is 2.52. The maximum atomic E-state index is 12.7. The predicted octanol–water partition coefficient (Wildman–Crippen LogP) is 1.19. The van der Waals surface area contributed by atoms with Crippen molar-refractivity contribution in [3.8, 4) is 5.75 Å². The number of nitrogens with zero attached hydrogens (tertiary/aromatic N) is 3. The van der Waals surface area contributed by atoms with Crippen LogP contribution in [0.3, 0.4) is 0 Å². The Morgan fingerprint density at radius 1 is 1.07 bits per heavy atom. The van der Waals surface area contributed by atoms with Gasteiger partial charge >= 0.3 is 6.03 Å². The lowest BCUT2D eigenvalue weighted by Gasteiger charge is -2.36. The molecule has 30 heavy (non-hydrogen) atoms. The number of phenols is 1. The van der Waals surface area contributed by atoms with Crippen LogP contribution >= 0.6 is 0 Å². The van der Waals surface area contributed by atoms with E-state index in [1.807, 2.05) is 12.1 Å². The number of anilines is 1. The van der Waals surface area contributed by atoms with Crippen LogP contribution in [0.15, 0.2) is 24.3 Å². The summed E-state index contributed by atoms with van der Waals surface area (Å²) in [5, 5.41) is 13.7. The first-order valence-electron chi connectivity index (χ1n) is 10.7. The van der Waals surface area contributed by atoms with E-state index in [2.05, 4.69) is 20.5 Å². The lowest BCUT2D eigenvalue weighted by molar-refractivity contribution is -0.140. The summed E-state index contributed by atoms with van der Waals surface area (Å²) in [5.41, 5.74) is 2.49. The van der Waals surface area contributed by atoms with Gasteiger partial charge in [0.15, 0.2) is 0 Å². The quantitative estimate of drug-likeness (QED) is 0.624. The standard InChI is InChI=1S/C21H29N5O4/c27-17-7-3-2-6-16(17)25-14-12-24(13-15-25)11-8-18(28)23-26-19(29)21(22-20(26)30)9-4-1-5-10-21/h2-3,6-7,27H,1,4-5,8-15H2,(H,22,30)(H,23,28). The fraction of sp³-hybridized carbons (Fsp3) is 0.571. The first-order chi connectivity index (χ1) is 14.5. The van der Waals surface area contributed by atoms with Crippen LogP contribution in [0.25, 0.3) is 0 Å². The Balaban J connectivity index is 1.23. The second kappa shape index (κ2) is 8.51. The van der Waals surface area contributed by atoms with E-state index in [9.17, 15) is 19.5 Å². The van der Waals surface area contributed by atoms with Crippen LogP contribution in [0.4, 0.5) is 10.5 Å². The summed E-state index contributed by atoms with van der Waals surface area (Å²) in [4.78, 5) is 41.6. The molecule has 9 heteroatoms. The van der Waals surface area contributed by atoms with Crippen LogP contribution in [0.1, 0.15) is 38.5 Å². The van der Waals surface area contributed by atoms with Gasteiger partial charge in [-0.3, -0.25) is 19.9 Å². The average molecular weight is 415 g/mol. The number of benzene rings is 1. The maximum Gasteiger partial charge on any atom is 0.344 e. The van der Waals surface area contributed by atoms with Crippen LogP contribution in [0.2, 0.25) is 0 Å². The molecule has 162 valence electrons. The maximum absolute atomic E-state index is 12.7. The van der Waals surface area contributed by atoms with Crippen molar-refractivity contribution < 1.29 is 19.5 Å². The van der Waals surface area contributed by atoms with Crippen LogP contribution in [-0.2, 0) is 9.59 Å². The van der Waals surface area contributed by atoms with Gasteiger partial charge in [0.2, 0.25) is 5.91 Å². The van der Waals surface area contributed by atoms with E-state index >= 15 is 0 Å². The van der Waals surface area contributed by atoms with Crippen molar-refractivity contribution in [3.05, 3.63) is 24.3 Å². The Morgan fingerprint density at radius 2 is 1.77 bits per heavy atom. The molecule has 0 aromatic heterocycles. The molecule has 2 saturated heterocycles. The largest absolute Gasteiger partial charge is 0.506 e. The van der Waals surface area contributed by atoms with Gasteiger partial charge in [-0.1, -0.05) is 31.4 Å². The monoisotopic (exact) mass is 415 g/mol. The number of hydrogen-bond acceptors (Lipinski definition) is 6. The highest BCUT2D eigenvalue weighted by molar-refractivity contribution is 6.08. The minimum absolute atomic E-state index is 0.209. The van der Waals surface area contributed by atoms with Crippen LogP contribution in [-0.4, -0.2) is 71.1 Å². The number of carbonyl (C=O) groups excluding carboxylic acids is 3. The number of hydrazine groups is 1. The number of para-hydroxylation sites is 2. The van der Waals surface area contributed by atoms with Gasteiger partial charge in [-0.05, 0) is 25.0 Å². The molecule has 1 aromatic carbocycles. The normalized spacial score (nSPS) is 21.7. The summed E-state index contributed by atoms with van der Waals surface area (Å²) in [6, 6.07) is 6.75. The van der Waals surface area contributed by atoms with Gasteiger partial charge in [-0.25, -0.2) is 4.79 Å². The Bertz CT molecular complexity index is 815. The van der Waals surface area contributed by atoms with E-state index in [4.69, 9.17) is 0 Å². The fourth-order valence-electron chi connectivity index (χ4n) is 4.60. The summed E-state index contributed by atoms with van der Waals surface area (Å²) in [6.07, 6.45) is 4.34. The number of imide groups is 1. The zero-order valence-corrected chi connectivity index (χ0v) is 17.1. The van der Waals surface area contributed by atoms with Gasteiger partial charge in [-0.15, -0.1) is 0 Å². The molecule has 3 aliphatic rings. The molecule has 2 heterocycles. The molecule has 0 bridgehead atoms. The third-order valence-electron chi connectivity index (χ3n) is 6.36. The van der Waals surface area contributed by atoms with Gasteiger partial charge in [0.25, 0.3) is 5.91 Å². The minimum atomic E-state index is -0.831. The number of rotatable bonds is 5. The van der Waals surface area contributed by atoms with E-state index in [1.165, 1.54) is 0 Å². The smallest absolute Gasteiger partial charge is 0.344 e. The number of urea groups is 1. The Labute approximate surface area is 176 Å². The Hall–Kier alpha value is -2.81. The van der Waals surface area contributed by atoms with Crippen molar-refractivity contribution in [1.82, 2.24) is 20.7 Å². The van der Waals surface area contributed by atoms with E-state index < -0.39 is 11.6 Å². The lowest BCUT2D eigenvalue weighted by Crippen LogP contribution is -2.51. The number of piperazine rings is 1. The fourth-order valence-corrected chi connectivity index (χ4v) is 4.60. The van der Waals surface area contributed by atoms with Crippen LogP contribution in [0.5, 0.6) is 5.75 Å². The summed E-state index contributed by atoms with van der Waals surface area (Å²) < 4.78 is 0. The molecule has 3 fully saturated rings. The third kappa shape index (κ3) is 4.07. The second-order valence-corrected chi connectivity index (χ2v) is 8.32. The molecule has 1 aromatic rings. The molecule has 4 amide bonds. The number of carbonyl (C=O) groups is 3. The van der Waals surface area contributed by atoms with Crippen LogP contribution in [0, 0.1) is 0 Å². The van der Waals surface area contributed by atoms with Gasteiger partial charge in [0.1, 0.15) is 11.3 Å². The molecule has 0 atom stereocenters. The zero-order valence-electron chi connectivity index (χ0n) is 17.1. The molecule has 1 aliphatic carbocycles.